The van der Waals surface area contributed by atoms with Crippen LogP contribution in [0.2, 0.25) is 5.02 Å². The maximum Gasteiger partial charge on any atom is 0.0722 e. The van der Waals surface area contributed by atoms with Crippen LogP contribution in [0.25, 0.3) is 10.9 Å². The minimum atomic E-state index is -0.0779. The molecule has 2 N–H and O–H groups in total. The van der Waals surface area contributed by atoms with Crippen molar-refractivity contribution in [2.24, 2.45) is 5.73 Å². The minimum Gasteiger partial charge on any atom is -0.324 e. The third-order valence-electron chi connectivity index (χ3n) is 3.75. The van der Waals surface area contributed by atoms with Gasteiger partial charge in [0.15, 0.2) is 0 Å². The van der Waals surface area contributed by atoms with E-state index in [0.29, 0.717) is 0 Å². The summed E-state index contributed by atoms with van der Waals surface area (Å²) in [5.74, 6) is 0. The van der Waals surface area contributed by atoms with E-state index in [1.54, 1.807) is 0 Å². The van der Waals surface area contributed by atoms with Crippen LogP contribution in [-0.4, -0.2) is 9.78 Å². The zero-order chi connectivity index (χ0) is 14.8. The molecular formula is C17H18ClN3. The summed E-state index contributed by atoms with van der Waals surface area (Å²) in [6, 6.07) is 15.9. The first-order valence-corrected chi connectivity index (χ1v) is 7.52. The van der Waals surface area contributed by atoms with Crippen molar-refractivity contribution < 1.29 is 0 Å². The summed E-state index contributed by atoms with van der Waals surface area (Å²) in [4.78, 5) is 0. The van der Waals surface area contributed by atoms with Gasteiger partial charge in [-0.2, -0.15) is 5.10 Å². The van der Waals surface area contributed by atoms with Gasteiger partial charge in [0.05, 0.1) is 11.2 Å². The van der Waals surface area contributed by atoms with E-state index in [0.717, 1.165) is 29.2 Å². The quantitative estimate of drug-likeness (QED) is 0.792. The van der Waals surface area contributed by atoms with Crippen molar-refractivity contribution in [1.29, 1.82) is 0 Å². The van der Waals surface area contributed by atoms with Crippen LogP contribution < -0.4 is 5.73 Å². The molecule has 1 aromatic heterocycles. The molecule has 3 rings (SSSR count). The van der Waals surface area contributed by atoms with E-state index in [1.807, 2.05) is 41.1 Å². The number of nitrogens with zero attached hydrogens (tertiary/aromatic N) is 2. The van der Waals surface area contributed by atoms with Crippen LogP contribution in [0.1, 0.15) is 24.2 Å². The van der Waals surface area contributed by atoms with Crippen molar-refractivity contribution in [3.8, 4) is 0 Å². The van der Waals surface area contributed by atoms with Gasteiger partial charge in [-0.15, -0.1) is 0 Å². The van der Waals surface area contributed by atoms with Gasteiger partial charge >= 0.3 is 0 Å². The lowest BCUT2D eigenvalue weighted by Crippen LogP contribution is -2.14. The van der Waals surface area contributed by atoms with Crippen LogP contribution in [0.4, 0.5) is 0 Å². The fourth-order valence-corrected chi connectivity index (χ4v) is 2.75. The van der Waals surface area contributed by atoms with E-state index in [2.05, 4.69) is 19.1 Å². The standard InChI is InChI=1S/C17H18ClN3/c1-2-21-17-6-4-3-5-14(17)16(20-21)11-15(19)12-7-9-13(18)10-8-12/h3-10,15H,2,11,19H2,1H3. The van der Waals surface area contributed by atoms with Crippen molar-refractivity contribution in [3.05, 3.63) is 64.8 Å². The lowest BCUT2D eigenvalue weighted by atomic mass is 10.0. The molecule has 0 saturated carbocycles. The highest BCUT2D eigenvalue weighted by atomic mass is 35.5. The van der Waals surface area contributed by atoms with Crippen LogP contribution in [0.15, 0.2) is 48.5 Å². The highest BCUT2D eigenvalue weighted by Gasteiger charge is 2.14. The number of rotatable bonds is 4. The molecule has 0 amide bonds. The van der Waals surface area contributed by atoms with E-state index in [1.165, 1.54) is 10.9 Å². The van der Waals surface area contributed by atoms with Crippen molar-refractivity contribution in [2.75, 3.05) is 0 Å². The molecule has 3 aromatic rings. The number of benzene rings is 2. The zero-order valence-electron chi connectivity index (χ0n) is 12.0. The Hall–Kier alpha value is -1.84. The van der Waals surface area contributed by atoms with Crippen LogP contribution >= 0.6 is 11.6 Å². The molecule has 4 heteroatoms. The van der Waals surface area contributed by atoms with E-state index in [4.69, 9.17) is 22.4 Å². The lowest BCUT2D eigenvalue weighted by molar-refractivity contribution is 0.641. The summed E-state index contributed by atoms with van der Waals surface area (Å²) in [5.41, 5.74) is 9.62. The number of fused-ring (bicyclic) bond motifs is 1. The predicted octanol–water partition coefficient (Wildman–Crippen LogP) is 3.95. The molecule has 2 aromatic carbocycles. The smallest absolute Gasteiger partial charge is 0.0722 e. The summed E-state index contributed by atoms with van der Waals surface area (Å²) in [6.07, 6.45) is 0.717. The Morgan fingerprint density at radius 1 is 1.14 bits per heavy atom. The maximum absolute atomic E-state index is 6.33. The molecule has 0 aliphatic carbocycles. The van der Waals surface area contributed by atoms with Gasteiger partial charge in [-0.3, -0.25) is 4.68 Å². The van der Waals surface area contributed by atoms with Crippen molar-refractivity contribution in [3.63, 3.8) is 0 Å². The molecule has 0 radical (unpaired) electrons. The first kappa shape index (κ1) is 14.1. The number of para-hydroxylation sites is 1. The number of aryl methyl sites for hydroxylation is 1. The van der Waals surface area contributed by atoms with Crippen LogP contribution in [-0.2, 0) is 13.0 Å². The molecule has 0 saturated heterocycles. The Morgan fingerprint density at radius 3 is 2.57 bits per heavy atom. The molecule has 0 spiro atoms. The minimum absolute atomic E-state index is 0.0779. The highest BCUT2D eigenvalue weighted by Crippen LogP contribution is 2.23. The SMILES string of the molecule is CCn1nc(CC(N)c2ccc(Cl)cc2)c2ccccc21. The van der Waals surface area contributed by atoms with Gasteiger partial charge in [-0.05, 0) is 30.7 Å². The molecule has 108 valence electrons. The molecule has 21 heavy (non-hydrogen) atoms. The van der Waals surface area contributed by atoms with Gasteiger partial charge < -0.3 is 5.73 Å². The molecule has 1 atom stereocenters. The van der Waals surface area contributed by atoms with E-state index >= 15 is 0 Å². The molecule has 1 heterocycles. The highest BCUT2D eigenvalue weighted by molar-refractivity contribution is 6.30. The predicted molar refractivity (Wildman–Crippen MR) is 87.5 cm³/mol. The normalized spacial score (nSPS) is 12.7. The average molecular weight is 300 g/mol. The van der Waals surface area contributed by atoms with E-state index < -0.39 is 0 Å². The second-order valence-electron chi connectivity index (χ2n) is 5.14. The number of hydrogen-bond donors (Lipinski definition) is 1. The van der Waals surface area contributed by atoms with Gasteiger partial charge in [-0.1, -0.05) is 41.9 Å². The molecule has 0 fully saturated rings. The van der Waals surface area contributed by atoms with Gasteiger partial charge in [0, 0.05) is 29.4 Å². The third kappa shape index (κ3) is 2.80. The second kappa shape index (κ2) is 5.88. The first-order valence-electron chi connectivity index (χ1n) is 7.14. The molecule has 1 unspecified atom stereocenters. The first-order chi connectivity index (χ1) is 10.2. The lowest BCUT2D eigenvalue weighted by Gasteiger charge is -2.10. The number of hydrogen-bond acceptors (Lipinski definition) is 2. The summed E-state index contributed by atoms with van der Waals surface area (Å²) >= 11 is 5.92. The largest absolute Gasteiger partial charge is 0.324 e. The van der Waals surface area contributed by atoms with Gasteiger partial charge in [0.1, 0.15) is 0 Å². The molecular weight excluding hydrogens is 282 g/mol. The Kier molecular flexibility index (Phi) is 3.95. The molecule has 0 aliphatic rings. The monoisotopic (exact) mass is 299 g/mol. The fraction of sp³-hybridized carbons (Fsp3) is 0.235. The topological polar surface area (TPSA) is 43.8 Å². The molecule has 0 aliphatic heterocycles. The number of halogens is 1. The summed E-state index contributed by atoms with van der Waals surface area (Å²) in [5, 5.41) is 6.61. The summed E-state index contributed by atoms with van der Waals surface area (Å²) in [7, 11) is 0. The molecule has 0 bridgehead atoms. The van der Waals surface area contributed by atoms with Crippen molar-refractivity contribution in [1.82, 2.24) is 9.78 Å². The summed E-state index contributed by atoms with van der Waals surface area (Å²) < 4.78 is 2.03. The average Bonchev–Trinajstić information content (AvgIpc) is 2.86. The van der Waals surface area contributed by atoms with Gasteiger partial charge in [0.2, 0.25) is 0 Å². The fourth-order valence-electron chi connectivity index (χ4n) is 2.62. The van der Waals surface area contributed by atoms with Crippen molar-refractivity contribution >= 4 is 22.5 Å². The number of nitrogens with two attached hydrogens (primary N) is 1. The van der Waals surface area contributed by atoms with Crippen LogP contribution in [0.3, 0.4) is 0 Å². The van der Waals surface area contributed by atoms with Crippen LogP contribution in [0, 0.1) is 0 Å². The van der Waals surface area contributed by atoms with E-state index in [9.17, 15) is 0 Å². The van der Waals surface area contributed by atoms with Crippen molar-refractivity contribution in [2.45, 2.75) is 25.9 Å². The van der Waals surface area contributed by atoms with E-state index in [-0.39, 0.29) is 6.04 Å². The maximum atomic E-state index is 6.33. The Bertz CT molecular complexity index is 746. The molecule has 3 nitrogen and oxygen atoms in total. The zero-order valence-corrected chi connectivity index (χ0v) is 12.7. The number of aromatic nitrogens is 2. The van der Waals surface area contributed by atoms with Gasteiger partial charge in [-0.25, -0.2) is 0 Å². The Labute approximate surface area is 129 Å². The third-order valence-corrected chi connectivity index (χ3v) is 4.00. The van der Waals surface area contributed by atoms with Gasteiger partial charge in [0.25, 0.3) is 0 Å². The Balaban J connectivity index is 1.92. The second-order valence-corrected chi connectivity index (χ2v) is 5.58. The Morgan fingerprint density at radius 2 is 1.86 bits per heavy atom. The van der Waals surface area contributed by atoms with Crippen LogP contribution in [0.5, 0.6) is 0 Å². The summed E-state index contributed by atoms with van der Waals surface area (Å²) in [6.45, 7) is 2.96.